The normalized spacial score (nSPS) is 14.9. The molecule has 0 fully saturated rings. The molecule has 4 heteroatoms. The molecule has 0 saturated heterocycles. The monoisotopic (exact) mass is 355 g/mol. The van der Waals surface area contributed by atoms with E-state index in [0.717, 1.165) is 48.6 Å². The topological polar surface area (TPSA) is 30.5 Å². The van der Waals surface area contributed by atoms with Crippen molar-refractivity contribution in [3.63, 3.8) is 0 Å². The molecule has 21 heavy (non-hydrogen) atoms. The molecule has 0 bridgehead atoms. The van der Waals surface area contributed by atoms with Crippen LogP contribution in [0.4, 0.5) is 0 Å². The zero-order valence-electron chi connectivity index (χ0n) is 13.3. The summed E-state index contributed by atoms with van der Waals surface area (Å²) in [6, 6.07) is 4.17. The van der Waals surface area contributed by atoms with Crippen molar-refractivity contribution < 1.29 is 9.47 Å². The van der Waals surface area contributed by atoms with E-state index < -0.39 is 0 Å². The van der Waals surface area contributed by atoms with Crippen molar-refractivity contribution in [2.75, 3.05) is 19.8 Å². The summed E-state index contributed by atoms with van der Waals surface area (Å²) in [4.78, 5) is 0. The summed E-state index contributed by atoms with van der Waals surface area (Å²) >= 11 is 3.65. The fourth-order valence-electron chi connectivity index (χ4n) is 2.32. The first-order valence-corrected chi connectivity index (χ1v) is 8.58. The van der Waals surface area contributed by atoms with Crippen LogP contribution in [0, 0.1) is 0 Å². The second kappa shape index (κ2) is 7.50. The van der Waals surface area contributed by atoms with E-state index in [1.165, 1.54) is 18.4 Å². The molecular formula is C17H26BrNO2. The third-order valence-electron chi connectivity index (χ3n) is 3.44. The number of rotatable bonds is 5. The quantitative estimate of drug-likeness (QED) is 0.797. The van der Waals surface area contributed by atoms with Crippen molar-refractivity contribution in [3.05, 3.63) is 22.2 Å². The van der Waals surface area contributed by atoms with Gasteiger partial charge in [-0.15, -0.1) is 0 Å². The molecule has 0 aromatic heterocycles. The molecule has 0 aliphatic carbocycles. The van der Waals surface area contributed by atoms with E-state index in [4.69, 9.17) is 9.47 Å². The van der Waals surface area contributed by atoms with Gasteiger partial charge in [0.15, 0.2) is 11.5 Å². The molecule has 118 valence electrons. The molecule has 1 aromatic carbocycles. The lowest BCUT2D eigenvalue weighted by molar-refractivity contribution is 0.297. The van der Waals surface area contributed by atoms with Crippen LogP contribution in [-0.4, -0.2) is 25.3 Å². The number of benzene rings is 1. The molecule has 1 aromatic rings. The molecule has 1 N–H and O–H groups in total. The Labute approximate surface area is 136 Å². The van der Waals surface area contributed by atoms with E-state index in [2.05, 4.69) is 48.1 Å². The fraction of sp³-hybridized carbons (Fsp3) is 0.647. The third kappa shape index (κ3) is 5.51. The van der Waals surface area contributed by atoms with Gasteiger partial charge in [0.2, 0.25) is 0 Å². The van der Waals surface area contributed by atoms with Gasteiger partial charge >= 0.3 is 0 Å². The number of ether oxygens (including phenoxy) is 2. The van der Waals surface area contributed by atoms with Crippen molar-refractivity contribution in [3.8, 4) is 11.5 Å². The van der Waals surface area contributed by atoms with Gasteiger partial charge < -0.3 is 14.8 Å². The van der Waals surface area contributed by atoms with Gasteiger partial charge in [-0.25, -0.2) is 0 Å². The third-order valence-corrected chi connectivity index (χ3v) is 4.18. The largest absolute Gasteiger partial charge is 0.490 e. The summed E-state index contributed by atoms with van der Waals surface area (Å²) in [5, 5.41) is 3.52. The molecule has 1 aliphatic heterocycles. The van der Waals surface area contributed by atoms with Crippen LogP contribution in [0.25, 0.3) is 0 Å². The van der Waals surface area contributed by atoms with Gasteiger partial charge in [0.25, 0.3) is 0 Å². The molecular weight excluding hydrogens is 330 g/mol. The van der Waals surface area contributed by atoms with E-state index in [1.54, 1.807) is 0 Å². The van der Waals surface area contributed by atoms with Crippen LogP contribution in [0.3, 0.4) is 0 Å². The zero-order valence-corrected chi connectivity index (χ0v) is 14.9. The number of halogens is 1. The first-order chi connectivity index (χ1) is 9.96. The van der Waals surface area contributed by atoms with Crippen LogP contribution in [0.15, 0.2) is 16.6 Å². The number of hydrogen-bond donors (Lipinski definition) is 1. The minimum absolute atomic E-state index is 0.204. The number of hydrogen-bond acceptors (Lipinski definition) is 3. The molecule has 0 atom stereocenters. The van der Waals surface area contributed by atoms with Crippen molar-refractivity contribution in [1.82, 2.24) is 5.32 Å². The van der Waals surface area contributed by atoms with Crippen molar-refractivity contribution >= 4 is 15.9 Å². The Morgan fingerprint density at radius 2 is 1.76 bits per heavy atom. The predicted octanol–water partition coefficient (Wildman–Crippen LogP) is 4.32. The first-order valence-electron chi connectivity index (χ1n) is 7.79. The summed E-state index contributed by atoms with van der Waals surface area (Å²) in [5.74, 6) is 1.75. The van der Waals surface area contributed by atoms with Crippen molar-refractivity contribution in [2.24, 2.45) is 0 Å². The van der Waals surface area contributed by atoms with Gasteiger partial charge in [0.05, 0.1) is 13.2 Å². The van der Waals surface area contributed by atoms with E-state index >= 15 is 0 Å². The Balaban J connectivity index is 1.87. The molecule has 3 nitrogen and oxygen atoms in total. The highest BCUT2D eigenvalue weighted by Crippen LogP contribution is 2.35. The maximum absolute atomic E-state index is 5.76. The van der Waals surface area contributed by atoms with Crippen LogP contribution in [0.1, 0.15) is 45.6 Å². The Hall–Kier alpha value is -0.740. The molecule has 0 amide bonds. The Kier molecular flexibility index (Phi) is 5.94. The van der Waals surface area contributed by atoms with Crippen LogP contribution in [0.5, 0.6) is 11.5 Å². The summed E-state index contributed by atoms with van der Waals surface area (Å²) in [6.45, 7) is 9.14. The molecule has 1 aliphatic rings. The van der Waals surface area contributed by atoms with E-state index in [1.807, 2.05) is 6.07 Å². The van der Waals surface area contributed by atoms with Crippen LogP contribution >= 0.6 is 15.9 Å². The van der Waals surface area contributed by atoms with Crippen LogP contribution in [0.2, 0.25) is 0 Å². The van der Waals surface area contributed by atoms with Crippen LogP contribution < -0.4 is 14.8 Å². The van der Waals surface area contributed by atoms with Gasteiger partial charge in [-0.3, -0.25) is 0 Å². The number of unbranched alkanes of at least 4 members (excludes halogenated alkanes) is 1. The highest BCUT2D eigenvalue weighted by molar-refractivity contribution is 9.10. The highest BCUT2D eigenvalue weighted by Gasteiger charge is 2.14. The van der Waals surface area contributed by atoms with Gasteiger partial charge in [-0.05, 0) is 64.3 Å². The summed E-state index contributed by atoms with van der Waals surface area (Å²) in [7, 11) is 0. The Bertz CT molecular complexity index is 469. The summed E-state index contributed by atoms with van der Waals surface area (Å²) in [5.41, 5.74) is 1.51. The van der Waals surface area contributed by atoms with E-state index in [0.29, 0.717) is 0 Å². The van der Waals surface area contributed by atoms with Gasteiger partial charge in [0.1, 0.15) is 0 Å². The molecule has 0 spiro atoms. The molecule has 2 rings (SSSR count). The number of nitrogens with one attached hydrogen (secondary N) is 1. The van der Waals surface area contributed by atoms with Gasteiger partial charge in [-0.1, -0.05) is 15.9 Å². The fourth-order valence-corrected chi connectivity index (χ4v) is 2.84. The SMILES string of the molecule is CC(C)(C)NCCCCc1cc2c(cc1Br)OCCCO2. The average molecular weight is 356 g/mol. The Morgan fingerprint density at radius 3 is 2.43 bits per heavy atom. The Morgan fingerprint density at radius 1 is 1.10 bits per heavy atom. The summed E-state index contributed by atoms with van der Waals surface area (Å²) in [6.07, 6.45) is 4.35. The smallest absolute Gasteiger partial charge is 0.162 e. The summed E-state index contributed by atoms with van der Waals surface area (Å²) < 4.78 is 12.6. The van der Waals surface area contributed by atoms with Crippen molar-refractivity contribution in [2.45, 2.75) is 52.0 Å². The molecule has 1 heterocycles. The first kappa shape index (κ1) is 16.6. The van der Waals surface area contributed by atoms with Gasteiger partial charge in [-0.2, -0.15) is 0 Å². The minimum Gasteiger partial charge on any atom is -0.490 e. The number of fused-ring (bicyclic) bond motifs is 1. The second-order valence-electron chi connectivity index (χ2n) is 6.57. The molecule has 0 saturated carbocycles. The lowest BCUT2D eigenvalue weighted by Crippen LogP contribution is -2.36. The minimum atomic E-state index is 0.204. The lowest BCUT2D eigenvalue weighted by Gasteiger charge is -2.20. The van der Waals surface area contributed by atoms with E-state index in [-0.39, 0.29) is 5.54 Å². The zero-order chi connectivity index (χ0) is 15.3. The van der Waals surface area contributed by atoms with Gasteiger partial charge in [0, 0.05) is 16.4 Å². The maximum Gasteiger partial charge on any atom is 0.162 e. The average Bonchev–Trinajstić information content (AvgIpc) is 2.62. The molecule has 0 unspecified atom stereocenters. The lowest BCUT2D eigenvalue weighted by atomic mass is 10.1. The predicted molar refractivity (Wildman–Crippen MR) is 90.4 cm³/mol. The second-order valence-corrected chi connectivity index (χ2v) is 7.43. The standard InChI is InChI=1S/C17H26BrNO2/c1-17(2,3)19-8-5-4-7-13-11-15-16(12-14(13)18)21-10-6-9-20-15/h11-12,19H,4-10H2,1-3H3. The van der Waals surface area contributed by atoms with Crippen molar-refractivity contribution in [1.29, 1.82) is 0 Å². The van der Waals surface area contributed by atoms with E-state index in [9.17, 15) is 0 Å². The number of aryl methyl sites for hydroxylation is 1. The highest BCUT2D eigenvalue weighted by atomic mass is 79.9. The van der Waals surface area contributed by atoms with Crippen LogP contribution in [-0.2, 0) is 6.42 Å². The molecule has 0 radical (unpaired) electrons. The maximum atomic E-state index is 5.76.